The third kappa shape index (κ3) is 6.46. The third-order valence-electron chi connectivity index (χ3n) is 9.20. The zero-order chi connectivity index (χ0) is 30.6. The quantitative estimate of drug-likeness (QED) is 0.205. The summed E-state index contributed by atoms with van der Waals surface area (Å²) in [6, 6.07) is 15.2. The van der Waals surface area contributed by atoms with Crippen LogP contribution >= 0.6 is 11.3 Å². The number of nitrogens with one attached hydrogen (secondary N) is 3. The van der Waals surface area contributed by atoms with Crippen molar-refractivity contribution in [2.45, 2.75) is 58.0 Å². The molecule has 0 bridgehead atoms. The number of fused-ring (bicyclic) bond motifs is 1. The van der Waals surface area contributed by atoms with Gasteiger partial charge >= 0.3 is 0 Å². The minimum atomic E-state index is 0.0692. The van der Waals surface area contributed by atoms with Gasteiger partial charge in [-0.25, -0.2) is 9.97 Å². The van der Waals surface area contributed by atoms with Crippen LogP contribution in [0.1, 0.15) is 66.4 Å². The van der Waals surface area contributed by atoms with Gasteiger partial charge in [-0.2, -0.15) is 0 Å². The van der Waals surface area contributed by atoms with Gasteiger partial charge in [0, 0.05) is 55.0 Å². The molecule has 2 fully saturated rings. The molecule has 4 aromatic rings. The van der Waals surface area contributed by atoms with Crippen molar-refractivity contribution >= 4 is 34.0 Å². The van der Waals surface area contributed by atoms with Crippen molar-refractivity contribution in [3.8, 4) is 16.9 Å². The standard InChI is InChI=1S/C35H44N6O2S/c1-22(33-17-27(21-44-33)28-8-6-5-7-26(28)20-36-3)38-34-30-18-29(32(43-4)19-31(30)39-23(2)40-34)24-9-11-25(12-10-24)35(42)41-15-13-37-14-16-41/h5-8,17-19,21-22,24-25,36-37H,9-16,20H2,1-4H3,(H,38,39,40)/t22-,24?,25?/m1/s1. The van der Waals surface area contributed by atoms with Crippen LogP contribution in [0, 0.1) is 12.8 Å². The van der Waals surface area contributed by atoms with Gasteiger partial charge in [0.2, 0.25) is 5.91 Å². The molecular weight excluding hydrogens is 568 g/mol. The highest BCUT2D eigenvalue weighted by molar-refractivity contribution is 7.10. The number of carbonyl (C=O) groups excluding carboxylic acids is 1. The fraction of sp³-hybridized carbons (Fsp3) is 0.457. The van der Waals surface area contributed by atoms with E-state index in [-0.39, 0.29) is 12.0 Å². The van der Waals surface area contributed by atoms with Crippen LogP contribution in [0.2, 0.25) is 0 Å². The summed E-state index contributed by atoms with van der Waals surface area (Å²) in [5.74, 6) is 3.24. The van der Waals surface area contributed by atoms with Crippen molar-refractivity contribution in [3.63, 3.8) is 0 Å². The Morgan fingerprint density at radius 1 is 1.11 bits per heavy atom. The molecule has 8 nitrogen and oxygen atoms in total. The number of methoxy groups -OCH3 is 1. The number of aromatic nitrogens is 2. The lowest BCUT2D eigenvalue weighted by Gasteiger charge is -2.34. The highest BCUT2D eigenvalue weighted by Crippen LogP contribution is 2.43. The summed E-state index contributed by atoms with van der Waals surface area (Å²) in [4.78, 5) is 26.1. The van der Waals surface area contributed by atoms with E-state index >= 15 is 0 Å². The Morgan fingerprint density at radius 2 is 1.89 bits per heavy atom. The summed E-state index contributed by atoms with van der Waals surface area (Å²) in [5, 5.41) is 13.6. The smallest absolute Gasteiger partial charge is 0.225 e. The van der Waals surface area contributed by atoms with Gasteiger partial charge in [0.05, 0.1) is 18.7 Å². The van der Waals surface area contributed by atoms with Crippen molar-refractivity contribution in [1.29, 1.82) is 0 Å². The van der Waals surface area contributed by atoms with E-state index in [4.69, 9.17) is 14.7 Å². The predicted octanol–water partition coefficient (Wildman–Crippen LogP) is 6.27. The molecule has 9 heteroatoms. The van der Waals surface area contributed by atoms with E-state index in [0.717, 1.165) is 86.7 Å². The Hall–Kier alpha value is -3.53. The zero-order valence-electron chi connectivity index (χ0n) is 26.3. The van der Waals surface area contributed by atoms with Crippen molar-refractivity contribution in [3.05, 3.63) is 69.7 Å². The molecule has 1 atom stereocenters. The third-order valence-corrected chi connectivity index (χ3v) is 10.3. The molecule has 0 spiro atoms. The molecule has 6 rings (SSSR count). The molecule has 2 aromatic heterocycles. The van der Waals surface area contributed by atoms with Crippen molar-refractivity contribution < 1.29 is 9.53 Å². The van der Waals surface area contributed by atoms with E-state index < -0.39 is 0 Å². The van der Waals surface area contributed by atoms with Crippen LogP contribution in [0.3, 0.4) is 0 Å². The van der Waals surface area contributed by atoms with Gasteiger partial charge < -0.3 is 25.6 Å². The summed E-state index contributed by atoms with van der Waals surface area (Å²) in [7, 11) is 3.72. The second kappa shape index (κ2) is 13.6. The van der Waals surface area contributed by atoms with Crippen molar-refractivity contribution in [2.24, 2.45) is 5.92 Å². The topological polar surface area (TPSA) is 91.4 Å². The van der Waals surface area contributed by atoms with E-state index in [1.54, 1.807) is 18.4 Å². The number of benzene rings is 2. The maximum absolute atomic E-state index is 13.2. The van der Waals surface area contributed by atoms with E-state index in [9.17, 15) is 4.79 Å². The first-order chi connectivity index (χ1) is 21.4. The molecule has 3 heterocycles. The molecule has 1 aliphatic carbocycles. The van der Waals surface area contributed by atoms with Gasteiger partial charge in [0.15, 0.2) is 0 Å². The summed E-state index contributed by atoms with van der Waals surface area (Å²) < 4.78 is 5.91. The number of hydrogen-bond donors (Lipinski definition) is 3. The number of ether oxygens (including phenoxy) is 1. The summed E-state index contributed by atoms with van der Waals surface area (Å²) in [6.07, 6.45) is 3.78. The Kier molecular flexibility index (Phi) is 9.44. The molecule has 1 saturated carbocycles. The Balaban J connectivity index is 1.23. The van der Waals surface area contributed by atoms with E-state index in [0.29, 0.717) is 11.8 Å². The minimum Gasteiger partial charge on any atom is -0.496 e. The molecule has 3 N–H and O–H groups in total. The second-order valence-electron chi connectivity index (χ2n) is 12.1. The van der Waals surface area contributed by atoms with Crippen molar-refractivity contribution in [1.82, 2.24) is 25.5 Å². The number of aryl methyl sites for hydroxylation is 1. The van der Waals surface area contributed by atoms with Gasteiger partial charge in [0.25, 0.3) is 0 Å². The average molecular weight is 613 g/mol. The summed E-state index contributed by atoms with van der Waals surface area (Å²) in [5.41, 5.74) is 5.87. The van der Waals surface area contributed by atoms with E-state index in [1.807, 2.05) is 14.0 Å². The monoisotopic (exact) mass is 612 g/mol. The average Bonchev–Trinajstić information content (AvgIpc) is 3.55. The molecule has 2 aliphatic rings. The number of hydrogen-bond acceptors (Lipinski definition) is 8. The predicted molar refractivity (Wildman–Crippen MR) is 180 cm³/mol. The van der Waals surface area contributed by atoms with Crippen LogP contribution in [0.4, 0.5) is 5.82 Å². The first-order valence-corrected chi connectivity index (χ1v) is 16.8. The van der Waals surface area contributed by atoms with Crippen LogP contribution in [0.25, 0.3) is 22.0 Å². The van der Waals surface area contributed by atoms with Crippen LogP contribution in [0.5, 0.6) is 5.75 Å². The fourth-order valence-electron chi connectivity index (χ4n) is 6.83. The van der Waals surface area contributed by atoms with Gasteiger partial charge in [0.1, 0.15) is 17.4 Å². The number of thiophene rings is 1. The molecular formula is C35H44N6O2S. The largest absolute Gasteiger partial charge is 0.496 e. The van der Waals surface area contributed by atoms with Gasteiger partial charge in [-0.3, -0.25) is 4.79 Å². The number of piperazine rings is 1. The first kappa shape index (κ1) is 30.5. The van der Waals surface area contributed by atoms with Crippen molar-refractivity contribution in [2.75, 3.05) is 45.7 Å². The molecule has 1 saturated heterocycles. The Morgan fingerprint density at radius 3 is 2.64 bits per heavy atom. The number of rotatable bonds is 9. The number of anilines is 1. The second-order valence-corrected chi connectivity index (χ2v) is 13.1. The van der Waals surface area contributed by atoms with Crippen LogP contribution < -0.4 is 20.7 Å². The number of carbonyl (C=O) groups is 1. The molecule has 1 aliphatic heterocycles. The molecule has 44 heavy (non-hydrogen) atoms. The Bertz CT molecular complexity index is 1610. The first-order valence-electron chi connectivity index (χ1n) is 15.9. The van der Waals surface area contributed by atoms with Crippen LogP contribution in [-0.4, -0.2) is 61.1 Å². The maximum atomic E-state index is 13.2. The molecule has 2 aromatic carbocycles. The van der Waals surface area contributed by atoms with Crippen LogP contribution in [-0.2, 0) is 11.3 Å². The van der Waals surface area contributed by atoms with Crippen LogP contribution in [0.15, 0.2) is 47.8 Å². The minimum absolute atomic E-state index is 0.0692. The molecule has 0 unspecified atom stereocenters. The lowest BCUT2D eigenvalue weighted by molar-refractivity contribution is -0.137. The number of amides is 1. The zero-order valence-corrected chi connectivity index (χ0v) is 27.1. The van der Waals surface area contributed by atoms with Gasteiger partial charge in [-0.05, 0) is 92.3 Å². The fourth-order valence-corrected chi connectivity index (χ4v) is 7.75. The van der Waals surface area contributed by atoms with Gasteiger partial charge in [-0.15, -0.1) is 11.3 Å². The number of nitrogens with zero attached hydrogens (tertiary/aromatic N) is 3. The molecule has 0 radical (unpaired) electrons. The maximum Gasteiger partial charge on any atom is 0.225 e. The Labute approximate surface area is 264 Å². The molecule has 1 amide bonds. The summed E-state index contributed by atoms with van der Waals surface area (Å²) >= 11 is 1.77. The lowest BCUT2D eigenvalue weighted by Crippen LogP contribution is -2.48. The van der Waals surface area contributed by atoms with E-state index in [1.165, 1.54) is 27.1 Å². The molecule has 232 valence electrons. The highest BCUT2D eigenvalue weighted by Gasteiger charge is 2.32. The van der Waals surface area contributed by atoms with E-state index in [2.05, 4.69) is 75.6 Å². The summed E-state index contributed by atoms with van der Waals surface area (Å²) in [6.45, 7) is 8.39. The normalized spacial score (nSPS) is 19.6. The van der Waals surface area contributed by atoms with Gasteiger partial charge in [-0.1, -0.05) is 24.3 Å². The lowest BCUT2D eigenvalue weighted by atomic mass is 9.77. The SMILES string of the molecule is CNCc1ccccc1-c1csc([C@@H](C)Nc2nc(C)nc3cc(OC)c(C4CCC(C(=O)N5CCNCC5)CC4)cc23)c1. The highest BCUT2D eigenvalue weighted by atomic mass is 32.1.